The molecular weight excluding hydrogens is 280 g/mol. The fourth-order valence-electron chi connectivity index (χ4n) is 1.49. The fraction of sp³-hybridized carbons (Fsp3) is 0.0833. The summed E-state index contributed by atoms with van der Waals surface area (Å²) in [6.07, 6.45) is 0. The number of nitrogens with zero attached hydrogens (tertiary/aromatic N) is 3. The van der Waals surface area contributed by atoms with Crippen LogP contribution in [0.1, 0.15) is 5.69 Å². The lowest BCUT2D eigenvalue weighted by Crippen LogP contribution is -1.84. The molecule has 0 amide bonds. The minimum absolute atomic E-state index is 0.529. The van der Waals surface area contributed by atoms with Crippen LogP contribution >= 0.6 is 23.1 Å². The number of nitrogen functional groups attached to an aromatic ring is 1. The van der Waals surface area contributed by atoms with Gasteiger partial charge in [-0.3, -0.25) is 0 Å². The van der Waals surface area contributed by atoms with Crippen LogP contribution in [0, 0.1) is 0 Å². The zero-order valence-corrected chi connectivity index (χ0v) is 11.4. The van der Waals surface area contributed by atoms with Gasteiger partial charge in [0, 0.05) is 16.7 Å². The Labute approximate surface area is 117 Å². The second kappa shape index (κ2) is 5.41. The van der Waals surface area contributed by atoms with Gasteiger partial charge in [-0.1, -0.05) is 30.0 Å². The number of hydrogen-bond acceptors (Lipinski definition) is 7. The molecule has 3 aromatic rings. The molecule has 7 heteroatoms. The van der Waals surface area contributed by atoms with E-state index in [0.717, 1.165) is 11.3 Å². The summed E-state index contributed by atoms with van der Waals surface area (Å²) >= 11 is 2.88. The highest BCUT2D eigenvalue weighted by atomic mass is 32.2. The summed E-state index contributed by atoms with van der Waals surface area (Å²) in [4.78, 5) is 4.18. The van der Waals surface area contributed by atoms with Crippen LogP contribution < -0.4 is 5.73 Å². The zero-order valence-electron chi connectivity index (χ0n) is 9.81. The summed E-state index contributed by atoms with van der Waals surface area (Å²) in [6.45, 7) is 0. The van der Waals surface area contributed by atoms with E-state index in [-0.39, 0.29) is 0 Å². The lowest BCUT2D eigenvalue weighted by atomic mass is 10.2. The third-order valence-electron chi connectivity index (χ3n) is 2.34. The maximum absolute atomic E-state index is 5.58. The quantitative estimate of drug-likeness (QED) is 0.744. The highest BCUT2D eigenvalue weighted by Crippen LogP contribution is 2.26. The molecule has 0 aliphatic heterocycles. The number of anilines is 1. The summed E-state index contributed by atoms with van der Waals surface area (Å²) in [5.41, 5.74) is 7.41. The number of benzene rings is 1. The predicted molar refractivity (Wildman–Crippen MR) is 75.8 cm³/mol. The normalized spacial score (nSPS) is 10.7. The second-order valence-corrected chi connectivity index (χ2v) is 5.52. The second-order valence-electron chi connectivity index (χ2n) is 3.70. The smallest absolute Gasteiger partial charge is 0.277 e. The monoisotopic (exact) mass is 290 g/mol. The minimum atomic E-state index is 0.529. The topological polar surface area (TPSA) is 77.8 Å². The van der Waals surface area contributed by atoms with E-state index >= 15 is 0 Å². The largest absolute Gasteiger partial charge is 0.411 e. The van der Waals surface area contributed by atoms with Crippen molar-refractivity contribution >= 4 is 28.2 Å². The highest BCUT2D eigenvalue weighted by Gasteiger charge is 2.09. The van der Waals surface area contributed by atoms with E-state index in [1.54, 1.807) is 0 Å². The molecule has 19 heavy (non-hydrogen) atoms. The first-order chi connectivity index (χ1) is 9.31. The molecule has 0 atom stereocenters. The molecule has 0 saturated carbocycles. The number of hydrogen-bond donors (Lipinski definition) is 1. The lowest BCUT2D eigenvalue weighted by molar-refractivity contribution is 0.466. The molecule has 2 aromatic heterocycles. The standard InChI is InChI=1S/C12H10N4OS2/c13-11-14-9(6-18-11)7-19-12-16-15-10(17-12)8-4-2-1-3-5-8/h1-6H,7H2,(H2,13,14). The average molecular weight is 290 g/mol. The van der Waals surface area contributed by atoms with Gasteiger partial charge in [0.1, 0.15) is 0 Å². The average Bonchev–Trinajstić information content (AvgIpc) is 3.06. The van der Waals surface area contributed by atoms with E-state index < -0.39 is 0 Å². The molecule has 5 nitrogen and oxygen atoms in total. The van der Waals surface area contributed by atoms with Crippen LogP contribution in [-0.2, 0) is 5.75 Å². The van der Waals surface area contributed by atoms with Gasteiger partial charge in [-0.2, -0.15) is 0 Å². The van der Waals surface area contributed by atoms with E-state index in [9.17, 15) is 0 Å². The van der Waals surface area contributed by atoms with Gasteiger partial charge in [0.15, 0.2) is 5.13 Å². The first-order valence-electron chi connectivity index (χ1n) is 5.53. The van der Waals surface area contributed by atoms with E-state index in [1.807, 2.05) is 35.7 Å². The first kappa shape index (κ1) is 12.2. The van der Waals surface area contributed by atoms with Crippen LogP contribution in [0.4, 0.5) is 5.13 Å². The lowest BCUT2D eigenvalue weighted by Gasteiger charge is -1.93. The molecule has 0 bridgehead atoms. The summed E-state index contributed by atoms with van der Waals surface area (Å²) in [5, 5.41) is 11.1. The Hall–Kier alpha value is -1.86. The Balaban J connectivity index is 1.68. The summed E-state index contributed by atoms with van der Waals surface area (Å²) in [5.74, 6) is 1.20. The molecule has 2 N–H and O–H groups in total. The van der Waals surface area contributed by atoms with Gasteiger partial charge in [-0.15, -0.1) is 21.5 Å². The zero-order chi connectivity index (χ0) is 13.1. The molecule has 0 aliphatic rings. The van der Waals surface area contributed by atoms with Crippen molar-refractivity contribution in [1.29, 1.82) is 0 Å². The third-order valence-corrected chi connectivity index (χ3v) is 3.91. The number of nitrogens with two attached hydrogens (primary N) is 1. The molecule has 1 aromatic carbocycles. The van der Waals surface area contributed by atoms with Crippen LogP contribution in [-0.4, -0.2) is 15.2 Å². The van der Waals surface area contributed by atoms with Gasteiger partial charge in [-0.25, -0.2) is 4.98 Å². The fourth-order valence-corrected chi connectivity index (χ4v) is 2.81. The SMILES string of the molecule is Nc1nc(CSc2nnc(-c3ccccc3)o2)cs1. The van der Waals surface area contributed by atoms with Crippen LogP contribution in [0.2, 0.25) is 0 Å². The van der Waals surface area contributed by atoms with Crippen molar-refractivity contribution in [3.05, 3.63) is 41.4 Å². The van der Waals surface area contributed by atoms with Gasteiger partial charge < -0.3 is 10.2 Å². The highest BCUT2D eigenvalue weighted by molar-refractivity contribution is 7.98. The molecule has 0 radical (unpaired) electrons. The van der Waals surface area contributed by atoms with Crippen molar-refractivity contribution in [2.75, 3.05) is 5.73 Å². The van der Waals surface area contributed by atoms with Crippen molar-refractivity contribution in [3.8, 4) is 11.5 Å². The molecule has 3 rings (SSSR count). The maximum Gasteiger partial charge on any atom is 0.277 e. The Morgan fingerprint density at radius 3 is 2.79 bits per heavy atom. The van der Waals surface area contributed by atoms with Crippen LogP contribution in [0.5, 0.6) is 0 Å². The molecule has 0 saturated heterocycles. The molecule has 2 heterocycles. The van der Waals surface area contributed by atoms with Crippen molar-refractivity contribution in [2.45, 2.75) is 11.0 Å². The molecule has 0 spiro atoms. The van der Waals surface area contributed by atoms with Crippen LogP contribution in [0.15, 0.2) is 45.4 Å². The van der Waals surface area contributed by atoms with Gasteiger partial charge in [-0.05, 0) is 12.1 Å². The Morgan fingerprint density at radius 1 is 1.21 bits per heavy atom. The Bertz CT molecular complexity index is 665. The molecule has 96 valence electrons. The summed E-state index contributed by atoms with van der Waals surface area (Å²) < 4.78 is 5.58. The van der Waals surface area contributed by atoms with E-state index in [0.29, 0.717) is 22.0 Å². The van der Waals surface area contributed by atoms with Gasteiger partial charge in [0.25, 0.3) is 5.22 Å². The molecule has 0 fully saturated rings. The number of thioether (sulfide) groups is 1. The predicted octanol–water partition coefficient (Wildman–Crippen LogP) is 3.07. The maximum atomic E-state index is 5.58. The van der Waals surface area contributed by atoms with Gasteiger partial charge in [0.05, 0.1) is 5.69 Å². The minimum Gasteiger partial charge on any atom is -0.411 e. The van der Waals surface area contributed by atoms with Crippen molar-refractivity contribution in [1.82, 2.24) is 15.2 Å². The Morgan fingerprint density at radius 2 is 2.05 bits per heavy atom. The molecule has 0 aliphatic carbocycles. The third kappa shape index (κ3) is 2.94. The number of thiazole rings is 1. The van der Waals surface area contributed by atoms with Crippen molar-refractivity contribution in [2.24, 2.45) is 0 Å². The molecule has 0 unspecified atom stereocenters. The number of aromatic nitrogens is 3. The van der Waals surface area contributed by atoms with E-state index in [2.05, 4.69) is 15.2 Å². The van der Waals surface area contributed by atoms with Crippen molar-refractivity contribution in [3.63, 3.8) is 0 Å². The van der Waals surface area contributed by atoms with Crippen LogP contribution in [0.25, 0.3) is 11.5 Å². The van der Waals surface area contributed by atoms with Gasteiger partial charge in [0.2, 0.25) is 5.89 Å². The summed E-state index contributed by atoms with van der Waals surface area (Å²) in [6, 6.07) is 9.68. The summed E-state index contributed by atoms with van der Waals surface area (Å²) in [7, 11) is 0. The Kier molecular flexibility index (Phi) is 3.47. The van der Waals surface area contributed by atoms with E-state index in [1.165, 1.54) is 23.1 Å². The van der Waals surface area contributed by atoms with Crippen molar-refractivity contribution < 1.29 is 4.42 Å². The number of rotatable bonds is 4. The van der Waals surface area contributed by atoms with E-state index in [4.69, 9.17) is 10.2 Å². The molecular formula is C12H10N4OS2. The van der Waals surface area contributed by atoms with Gasteiger partial charge >= 0.3 is 0 Å². The first-order valence-corrected chi connectivity index (χ1v) is 7.39. The van der Waals surface area contributed by atoms with Crippen LogP contribution in [0.3, 0.4) is 0 Å².